The van der Waals surface area contributed by atoms with E-state index in [0.29, 0.717) is 6.54 Å². The molecule has 24 heavy (non-hydrogen) atoms. The molecule has 126 valence electrons. The molecular formula is C17H21BrN6. The number of nitrogens with two attached hydrogens (primary N) is 1. The van der Waals surface area contributed by atoms with Crippen molar-refractivity contribution in [1.82, 2.24) is 0 Å². The second-order valence-electron chi connectivity index (χ2n) is 6.93. The lowest BCUT2D eigenvalue weighted by atomic mass is 9.79. The Morgan fingerprint density at radius 2 is 1.54 bits per heavy atom. The Kier molecular flexibility index (Phi) is 5.68. The van der Waals surface area contributed by atoms with Crippen LogP contribution in [0.25, 0.3) is 0 Å². The van der Waals surface area contributed by atoms with Gasteiger partial charge >= 0.3 is 0 Å². The lowest BCUT2D eigenvalue weighted by molar-refractivity contribution is -0.865. The molecule has 6 nitrogen and oxygen atoms in total. The van der Waals surface area contributed by atoms with Gasteiger partial charge in [-0.3, -0.25) is 0 Å². The van der Waals surface area contributed by atoms with Crippen LogP contribution in [0.5, 0.6) is 0 Å². The maximum absolute atomic E-state index is 9.44. The highest BCUT2D eigenvalue weighted by Crippen LogP contribution is 2.31. The zero-order valence-electron chi connectivity index (χ0n) is 14.3. The van der Waals surface area contributed by atoms with E-state index in [9.17, 15) is 10.5 Å². The number of aliphatic imine (C=N–C) groups is 1. The second-order valence-corrected chi connectivity index (χ2v) is 6.93. The number of nitrogens with zero attached hydrogens (tertiary/aromatic N) is 5. The summed E-state index contributed by atoms with van der Waals surface area (Å²) in [5.41, 5.74) is 1.33. The third kappa shape index (κ3) is 4.07. The number of rotatable bonds is 4. The topological polar surface area (TPSA) is 98.3 Å². The number of benzene rings is 1. The second kappa shape index (κ2) is 6.82. The van der Waals surface area contributed by atoms with Gasteiger partial charge in [-0.15, -0.1) is 5.84 Å². The van der Waals surface area contributed by atoms with Crippen molar-refractivity contribution in [1.29, 1.82) is 10.5 Å². The van der Waals surface area contributed by atoms with E-state index in [1.807, 2.05) is 45.9 Å². The minimum Gasteiger partial charge on any atom is -1.00 e. The number of hydrogen-bond acceptors (Lipinski definition) is 5. The molecule has 1 aromatic carbocycles. The minimum absolute atomic E-state index is 0. The van der Waals surface area contributed by atoms with Crippen molar-refractivity contribution in [3.05, 3.63) is 34.9 Å². The summed E-state index contributed by atoms with van der Waals surface area (Å²) in [6.07, 6.45) is 2.97. The highest BCUT2D eigenvalue weighted by atomic mass is 79.9. The largest absolute Gasteiger partial charge is 1.00 e. The summed E-state index contributed by atoms with van der Waals surface area (Å²) < 4.78 is -0.164. The number of halogens is 1. The van der Waals surface area contributed by atoms with Crippen molar-refractivity contribution in [2.24, 2.45) is 15.9 Å². The third-order valence-electron chi connectivity index (χ3n) is 4.03. The van der Waals surface area contributed by atoms with Crippen LogP contribution in [0.4, 0.5) is 0 Å². The maximum atomic E-state index is 9.44. The zero-order valence-corrected chi connectivity index (χ0v) is 15.9. The lowest BCUT2D eigenvalue weighted by Crippen LogP contribution is -3.00. The summed E-state index contributed by atoms with van der Waals surface area (Å²) in [6.45, 7) is 7.84. The Morgan fingerprint density at radius 3 is 1.92 bits per heavy atom. The van der Waals surface area contributed by atoms with Crippen molar-refractivity contribution in [3.8, 4) is 12.1 Å². The Bertz CT molecular complexity index is 708. The molecule has 0 saturated heterocycles. The SMILES string of the molecule is CC(C)(C#N)c1cc(C[N+]2(N)C=NC=N2)cc(C(C)(C)C#N)c1.[Br-]. The lowest BCUT2D eigenvalue weighted by Gasteiger charge is -2.24. The normalized spacial score (nSPS) is 19.5. The fourth-order valence-corrected chi connectivity index (χ4v) is 2.31. The van der Waals surface area contributed by atoms with E-state index in [4.69, 9.17) is 5.84 Å². The molecule has 0 radical (unpaired) electrons. The van der Waals surface area contributed by atoms with Gasteiger partial charge in [0.2, 0.25) is 6.34 Å². The van der Waals surface area contributed by atoms with E-state index < -0.39 is 10.8 Å². The number of hydrogen-bond donors (Lipinski definition) is 1. The van der Waals surface area contributed by atoms with Crippen LogP contribution in [0.2, 0.25) is 0 Å². The predicted molar refractivity (Wildman–Crippen MR) is 88.9 cm³/mol. The molecule has 1 aliphatic heterocycles. The fraction of sp³-hybridized carbons (Fsp3) is 0.412. The average molecular weight is 389 g/mol. The number of nitriles is 2. The summed E-state index contributed by atoms with van der Waals surface area (Å²) in [5.74, 6) is 6.13. The fourth-order valence-electron chi connectivity index (χ4n) is 2.31. The smallest absolute Gasteiger partial charge is 0.238 e. The molecule has 2 rings (SSSR count). The first kappa shape index (κ1) is 20.0. The quantitative estimate of drug-likeness (QED) is 0.554. The van der Waals surface area contributed by atoms with Crippen molar-refractivity contribution < 1.29 is 21.7 Å². The van der Waals surface area contributed by atoms with E-state index in [-0.39, 0.29) is 21.7 Å². The minimum atomic E-state index is -0.655. The Hall–Kier alpha value is -2.06. The first-order valence-corrected chi connectivity index (χ1v) is 7.34. The molecule has 1 heterocycles. The molecule has 0 aromatic heterocycles. The molecule has 1 unspecified atom stereocenters. The predicted octanol–water partition coefficient (Wildman–Crippen LogP) is -0.531. The van der Waals surface area contributed by atoms with Crippen LogP contribution in [0, 0.1) is 22.7 Å². The summed E-state index contributed by atoms with van der Waals surface area (Å²) in [5, 5.41) is 23.0. The van der Waals surface area contributed by atoms with Gasteiger partial charge in [0.25, 0.3) is 0 Å². The van der Waals surface area contributed by atoms with E-state index in [0.717, 1.165) is 16.7 Å². The maximum Gasteiger partial charge on any atom is 0.238 e. The third-order valence-corrected chi connectivity index (χ3v) is 4.03. The highest BCUT2D eigenvalue weighted by molar-refractivity contribution is 5.70. The van der Waals surface area contributed by atoms with Crippen molar-refractivity contribution in [2.75, 3.05) is 0 Å². The van der Waals surface area contributed by atoms with Gasteiger partial charge in [0.15, 0.2) is 12.9 Å². The van der Waals surface area contributed by atoms with E-state index in [1.54, 1.807) is 6.34 Å². The molecule has 0 fully saturated rings. The molecule has 0 bridgehead atoms. The van der Waals surface area contributed by atoms with Crippen LogP contribution in [-0.4, -0.2) is 17.4 Å². The van der Waals surface area contributed by atoms with Gasteiger partial charge in [0.05, 0.1) is 23.0 Å². The van der Waals surface area contributed by atoms with Gasteiger partial charge in [-0.2, -0.15) is 15.5 Å². The first-order valence-electron chi connectivity index (χ1n) is 7.34. The van der Waals surface area contributed by atoms with Crippen LogP contribution >= 0.6 is 0 Å². The van der Waals surface area contributed by atoms with Gasteiger partial charge < -0.3 is 17.0 Å². The Labute approximate surface area is 153 Å². The molecule has 2 N–H and O–H groups in total. The molecule has 1 atom stereocenters. The van der Waals surface area contributed by atoms with Gasteiger partial charge in [-0.25, -0.2) is 0 Å². The van der Waals surface area contributed by atoms with Gasteiger partial charge in [-0.05, 0) is 56.1 Å². The molecule has 0 spiro atoms. The monoisotopic (exact) mass is 388 g/mol. The van der Waals surface area contributed by atoms with Crippen LogP contribution in [0.15, 0.2) is 28.3 Å². The molecule has 7 heteroatoms. The molecular weight excluding hydrogens is 368 g/mol. The summed E-state index contributed by atoms with van der Waals surface area (Å²) in [7, 11) is 0. The summed E-state index contributed by atoms with van der Waals surface area (Å²) >= 11 is 0. The molecule has 0 amide bonds. The van der Waals surface area contributed by atoms with Crippen molar-refractivity contribution >= 4 is 12.7 Å². The molecule has 0 aliphatic carbocycles. The standard InChI is InChI=1S/C17H21N6.BrH/c1-16(2,9-18)14-5-13(8-23(20)12-21-11-22-23)6-15(7-14)17(3,4)10-19;/h5-7,11-12H,8,20H2,1-4H3;1H/q+1;/p-1. The van der Waals surface area contributed by atoms with E-state index >= 15 is 0 Å². The van der Waals surface area contributed by atoms with Gasteiger partial charge in [-0.1, -0.05) is 10.8 Å². The van der Waals surface area contributed by atoms with E-state index in [1.165, 1.54) is 6.34 Å². The highest BCUT2D eigenvalue weighted by Gasteiger charge is 2.29. The Balaban J connectivity index is 0.00000288. The van der Waals surface area contributed by atoms with Gasteiger partial charge in [0, 0.05) is 5.56 Å². The molecule has 1 aliphatic rings. The molecule has 0 saturated carbocycles. The van der Waals surface area contributed by atoms with Crippen LogP contribution < -0.4 is 22.8 Å². The zero-order chi connectivity index (χ0) is 17.3. The average Bonchev–Trinajstić information content (AvgIpc) is 2.93. The summed E-state index contributed by atoms with van der Waals surface area (Å²) in [4.78, 5) is 3.93. The summed E-state index contributed by atoms with van der Waals surface area (Å²) in [6, 6.07) is 10.5. The van der Waals surface area contributed by atoms with Crippen LogP contribution in [0.3, 0.4) is 0 Å². The number of quaternary nitrogens is 1. The van der Waals surface area contributed by atoms with Gasteiger partial charge in [0.1, 0.15) is 0 Å². The van der Waals surface area contributed by atoms with E-state index in [2.05, 4.69) is 22.2 Å². The Morgan fingerprint density at radius 1 is 1.04 bits per heavy atom. The van der Waals surface area contributed by atoms with Crippen LogP contribution in [-0.2, 0) is 17.4 Å². The van der Waals surface area contributed by atoms with Crippen LogP contribution in [0.1, 0.15) is 44.4 Å². The van der Waals surface area contributed by atoms with Crippen molar-refractivity contribution in [3.63, 3.8) is 0 Å². The van der Waals surface area contributed by atoms with Crippen molar-refractivity contribution in [2.45, 2.75) is 45.1 Å². The molecule has 1 aromatic rings. The first-order chi connectivity index (χ1) is 10.6.